The highest BCUT2D eigenvalue weighted by Gasteiger charge is 2.34. The van der Waals surface area contributed by atoms with Crippen molar-refractivity contribution < 1.29 is 54.0 Å². The van der Waals surface area contributed by atoms with Crippen LogP contribution in [0.1, 0.15) is 32.6 Å². The molecule has 0 radical (unpaired) electrons. The first-order valence-electron chi connectivity index (χ1n) is 11.7. The summed E-state index contributed by atoms with van der Waals surface area (Å²) >= 11 is 0. The van der Waals surface area contributed by atoms with Gasteiger partial charge in [0.1, 0.15) is 30.2 Å². The molecule has 5 amide bonds. The number of aliphatic hydroxyl groups excluding tert-OH is 2. The Kier molecular flexibility index (Phi) is 13.1. The van der Waals surface area contributed by atoms with E-state index in [9.17, 15) is 38.7 Å². The molecule has 0 unspecified atom stereocenters. The molecule has 38 heavy (non-hydrogen) atoms. The highest BCUT2D eigenvalue weighted by molar-refractivity contribution is 5.95. The number of nitrogens with one attached hydrogen (secondary N) is 4. The summed E-state index contributed by atoms with van der Waals surface area (Å²) in [5, 5.41) is 45.4. The number of nitrogens with zero attached hydrogens (tertiary/aromatic N) is 1. The fraction of sp³-hybridized carbons (Fsp3) is 0.667. The van der Waals surface area contributed by atoms with Gasteiger partial charge in [-0.1, -0.05) is 0 Å². The normalized spacial score (nSPS) is 17.9. The Bertz CT molecular complexity index is 914. The Balaban J connectivity index is 2.69. The number of carboxylic acids is 2. The molecule has 17 nitrogen and oxygen atoms in total. The van der Waals surface area contributed by atoms with Gasteiger partial charge in [-0.15, -0.1) is 0 Å². The number of rotatable bonds is 15. The van der Waals surface area contributed by atoms with Gasteiger partial charge in [-0.25, -0.2) is 4.79 Å². The largest absolute Gasteiger partial charge is 0.481 e. The number of aliphatic carboxylic acids is 2. The predicted octanol–water partition coefficient (Wildman–Crippen LogP) is -5.17. The number of nitrogens with two attached hydrogens (primary N) is 1. The number of carboxylic acid groups (broad SMARTS) is 2. The number of carbonyl (C=O) groups is 7. The molecule has 0 aromatic carbocycles. The quantitative estimate of drug-likeness (QED) is 0.0932. The third-order valence-corrected chi connectivity index (χ3v) is 5.65. The van der Waals surface area contributed by atoms with Gasteiger partial charge in [0.2, 0.25) is 29.5 Å². The van der Waals surface area contributed by atoms with Crippen LogP contribution in [-0.2, 0) is 33.6 Å². The van der Waals surface area contributed by atoms with Crippen molar-refractivity contribution in [3.05, 3.63) is 0 Å². The lowest BCUT2D eigenvalue weighted by molar-refractivity contribution is -0.148. The zero-order chi connectivity index (χ0) is 29.0. The smallest absolute Gasteiger partial charge is 0.326 e. The molecule has 1 rings (SSSR count). The molecule has 0 aromatic rings. The van der Waals surface area contributed by atoms with Crippen molar-refractivity contribution >= 4 is 41.5 Å². The van der Waals surface area contributed by atoms with Crippen LogP contribution in [-0.4, -0.2) is 123 Å². The number of hydrogen-bond acceptors (Lipinski definition) is 10. The van der Waals surface area contributed by atoms with Gasteiger partial charge in [-0.3, -0.25) is 28.8 Å². The van der Waals surface area contributed by atoms with E-state index in [4.69, 9.17) is 21.1 Å². The second-order valence-electron chi connectivity index (χ2n) is 8.56. The van der Waals surface area contributed by atoms with Crippen molar-refractivity contribution in [3.8, 4) is 0 Å². The maximum absolute atomic E-state index is 12.6. The molecule has 1 aliphatic heterocycles. The molecular weight excluding hydrogens is 512 g/mol. The Hall–Kier alpha value is -3.83. The van der Waals surface area contributed by atoms with Crippen LogP contribution in [0.2, 0.25) is 0 Å². The first kappa shape index (κ1) is 32.2. The third kappa shape index (κ3) is 9.91. The SMILES string of the molecule is C[C@H](NC(=O)[C@H](CCC(=O)O)NC(=O)[C@@H](N)CO)C(=O)N[C@@H](CO)C(=O)NCC(=O)N1CCC[C@H]1C(=O)O. The number of amides is 5. The van der Waals surface area contributed by atoms with Gasteiger partial charge in [0, 0.05) is 13.0 Å². The predicted molar refractivity (Wildman–Crippen MR) is 126 cm³/mol. The van der Waals surface area contributed by atoms with E-state index in [0.717, 1.165) is 4.90 Å². The Morgan fingerprint density at radius 1 is 0.895 bits per heavy atom. The fourth-order valence-electron chi connectivity index (χ4n) is 3.48. The highest BCUT2D eigenvalue weighted by atomic mass is 16.4. The van der Waals surface area contributed by atoms with E-state index in [1.165, 1.54) is 6.92 Å². The van der Waals surface area contributed by atoms with E-state index < -0.39 is 97.9 Å². The minimum absolute atomic E-state index is 0.211. The Morgan fingerprint density at radius 3 is 2.08 bits per heavy atom. The van der Waals surface area contributed by atoms with Crippen LogP contribution in [0.5, 0.6) is 0 Å². The molecular formula is C21H34N6O11. The lowest BCUT2D eigenvalue weighted by Crippen LogP contribution is -2.58. The van der Waals surface area contributed by atoms with Gasteiger partial charge in [0.05, 0.1) is 19.8 Å². The van der Waals surface area contributed by atoms with Crippen molar-refractivity contribution in [2.75, 3.05) is 26.3 Å². The molecule has 0 aromatic heterocycles. The van der Waals surface area contributed by atoms with Crippen molar-refractivity contribution in [3.63, 3.8) is 0 Å². The monoisotopic (exact) mass is 546 g/mol. The Morgan fingerprint density at radius 2 is 1.53 bits per heavy atom. The van der Waals surface area contributed by atoms with Gasteiger partial charge >= 0.3 is 11.9 Å². The summed E-state index contributed by atoms with van der Waals surface area (Å²) in [6.07, 6.45) is -0.0913. The minimum Gasteiger partial charge on any atom is -0.481 e. The first-order chi connectivity index (χ1) is 17.8. The number of hydrogen-bond donors (Lipinski definition) is 9. The first-order valence-corrected chi connectivity index (χ1v) is 11.7. The Labute approximate surface area is 217 Å². The molecule has 1 heterocycles. The van der Waals surface area contributed by atoms with E-state index in [-0.39, 0.29) is 19.4 Å². The van der Waals surface area contributed by atoms with Crippen molar-refractivity contribution in [1.29, 1.82) is 0 Å². The molecule has 0 aliphatic carbocycles. The van der Waals surface area contributed by atoms with Gasteiger partial charge in [-0.05, 0) is 26.2 Å². The molecule has 1 fully saturated rings. The minimum atomic E-state index is -1.52. The third-order valence-electron chi connectivity index (χ3n) is 5.65. The lowest BCUT2D eigenvalue weighted by Gasteiger charge is -2.24. The number of likely N-dealkylation sites (tertiary alicyclic amines) is 1. The molecule has 1 saturated heterocycles. The summed E-state index contributed by atoms with van der Waals surface area (Å²) in [5.41, 5.74) is 5.38. The number of carbonyl (C=O) groups excluding carboxylic acids is 5. The molecule has 214 valence electrons. The maximum atomic E-state index is 12.6. The molecule has 17 heteroatoms. The van der Waals surface area contributed by atoms with Crippen LogP contribution in [0, 0.1) is 0 Å². The topological polar surface area (TPSA) is 278 Å². The van der Waals surface area contributed by atoms with Gasteiger partial charge in [0.15, 0.2) is 0 Å². The molecule has 10 N–H and O–H groups in total. The standard InChI is InChI=1S/C21H34N6O11/c1-10(24-20(36)12(4-5-16(31)32)25-18(34)11(22)8-28)17(33)26-13(9-29)19(35)23-7-15(30)27-6-2-3-14(27)21(37)38/h10-14,28-29H,2-9,22H2,1H3,(H,23,35)(H,24,36)(H,25,34)(H,26,33)(H,31,32)(H,37,38)/t10-,11-,12-,13-,14-/m0/s1. The second-order valence-corrected chi connectivity index (χ2v) is 8.56. The summed E-state index contributed by atoms with van der Waals surface area (Å²) < 4.78 is 0. The van der Waals surface area contributed by atoms with E-state index in [1.54, 1.807) is 0 Å². The van der Waals surface area contributed by atoms with Crippen LogP contribution in [0.3, 0.4) is 0 Å². The zero-order valence-corrected chi connectivity index (χ0v) is 20.7. The molecule has 1 aliphatic rings. The highest BCUT2D eigenvalue weighted by Crippen LogP contribution is 2.17. The van der Waals surface area contributed by atoms with E-state index in [1.807, 2.05) is 0 Å². The summed E-state index contributed by atoms with van der Waals surface area (Å²) in [7, 11) is 0. The zero-order valence-electron chi connectivity index (χ0n) is 20.7. The van der Waals surface area contributed by atoms with Crippen LogP contribution in [0.15, 0.2) is 0 Å². The number of aliphatic hydroxyl groups is 2. The molecule has 5 atom stereocenters. The molecule has 0 bridgehead atoms. The summed E-state index contributed by atoms with van der Waals surface area (Å²) in [5.74, 6) is -6.82. The van der Waals surface area contributed by atoms with E-state index in [2.05, 4.69) is 21.3 Å². The summed E-state index contributed by atoms with van der Waals surface area (Å²) in [6, 6.07) is -6.61. The molecule has 0 saturated carbocycles. The van der Waals surface area contributed by atoms with Crippen LogP contribution in [0.4, 0.5) is 0 Å². The second kappa shape index (κ2) is 15.4. The lowest BCUT2D eigenvalue weighted by atomic mass is 10.1. The molecule has 0 spiro atoms. The average molecular weight is 547 g/mol. The van der Waals surface area contributed by atoms with Crippen LogP contribution >= 0.6 is 0 Å². The summed E-state index contributed by atoms with van der Waals surface area (Å²) in [4.78, 5) is 84.9. The van der Waals surface area contributed by atoms with Crippen LogP contribution in [0.25, 0.3) is 0 Å². The van der Waals surface area contributed by atoms with Gasteiger partial charge in [-0.2, -0.15) is 0 Å². The fourth-order valence-corrected chi connectivity index (χ4v) is 3.48. The summed E-state index contributed by atoms with van der Waals surface area (Å²) in [6.45, 7) is -0.736. The van der Waals surface area contributed by atoms with Gasteiger partial charge in [0.25, 0.3) is 0 Å². The van der Waals surface area contributed by atoms with E-state index in [0.29, 0.717) is 6.42 Å². The van der Waals surface area contributed by atoms with E-state index >= 15 is 0 Å². The van der Waals surface area contributed by atoms with Crippen molar-refractivity contribution in [1.82, 2.24) is 26.2 Å². The van der Waals surface area contributed by atoms with Crippen molar-refractivity contribution in [2.24, 2.45) is 5.73 Å². The van der Waals surface area contributed by atoms with Crippen molar-refractivity contribution in [2.45, 2.75) is 62.8 Å². The van der Waals surface area contributed by atoms with Crippen LogP contribution < -0.4 is 27.0 Å². The average Bonchev–Trinajstić information content (AvgIpc) is 3.37. The maximum Gasteiger partial charge on any atom is 0.326 e. The van der Waals surface area contributed by atoms with Gasteiger partial charge < -0.3 is 52.3 Å².